The van der Waals surface area contributed by atoms with E-state index in [1.165, 1.54) is 0 Å². The molecule has 0 unspecified atom stereocenters. The summed E-state index contributed by atoms with van der Waals surface area (Å²) in [5, 5.41) is 7.42. The van der Waals surface area contributed by atoms with E-state index in [2.05, 4.69) is 20.6 Å². The maximum Gasteiger partial charge on any atom is 0.434 e. The van der Waals surface area contributed by atoms with Crippen molar-refractivity contribution in [1.29, 1.82) is 0 Å². The normalized spacial score (nSPS) is 11.7. The van der Waals surface area contributed by atoms with Crippen LogP contribution in [0.4, 0.5) is 13.2 Å². The van der Waals surface area contributed by atoms with Crippen molar-refractivity contribution in [3.8, 4) is 5.75 Å². The van der Waals surface area contributed by atoms with Crippen LogP contribution < -0.4 is 15.4 Å². The van der Waals surface area contributed by atoms with Crippen molar-refractivity contribution in [3.05, 3.63) is 45.9 Å². The maximum absolute atomic E-state index is 12.6. The number of hydrogen-bond donors (Lipinski definition) is 2. The highest BCUT2D eigenvalue weighted by atomic mass is 127. The van der Waals surface area contributed by atoms with Gasteiger partial charge in [-0.1, -0.05) is 18.2 Å². The molecule has 1 aromatic carbocycles. The molecule has 1 aromatic heterocycles. The Kier molecular flexibility index (Phi) is 9.84. The molecule has 0 amide bonds. The van der Waals surface area contributed by atoms with Crippen LogP contribution in [0.3, 0.4) is 0 Å². The Morgan fingerprint density at radius 3 is 2.59 bits per heavy atom. The summed E-state index contributed by atoms with van der Waals surface area (Å²) in [5.74, 6) is 1.27. The molecule has 0 fully saturated rings. The third kappa shape index (κ3) is 7.53. The van der Waals surface area contributed by atoms with Crippen molar-refractivity contribution in [3.63, 3.8) is 0 Å². The molecule has 2 rings (SSSR count). The Morgan fingerprint density at radius 1 is 1.22 bits per heavy atom. The van der Waals surface area contributed by atoms with Crippen LogP contribution >= 0.6 is 35.3 Å². The summed E-state index contributed by atoms with van der Waals surface area (Å²) in [6, 6.07) is 7.60. The number of rotatable bonds is 7. The topological polar surface area (TPSA) is 58.5 Å². The first-order valence-electron chi connectivity index (χ1n) is 8.18. The number of halogens is 4. The first-order valence-corrected chi connectivity index (χ1v) is 9.06. The van der Waals surface area contributed by atoms with E-state index < -0.39 is 11.9 Å². The number of aromatic nitrogens is 1. The molecular formula is C17H22F3IN4OS. The number of para-hydroxylation sites is 1. The number of nitrogens with zero attached hydrogens (tertiary/aromatic N) is 2. The number of thiazole rings is 1. The van der Waals surface area contributed by atoms with Gasteiger partial charge in [0.2, 0.25) is 0 Å². The summed E-state index contributed by atoms with van der Waals surface area (Å²) >= 11 is 0.964. The molecule has 0 radical (unpaired) electrons. The number of benzene rings is 1. The van der Waals surface area contributed by atoms with Crippen LogP contribution in [0, 0.1) is 0 Å². The van der Waals surface area contributed by atoms with Crippen LogP contribution in [0.2, 0.25) is 0 Å². The van der Waals surface area contributed by atoms with Gasteiger partial charge in [-0.05, 0) is 19.9 Å². The molecule has 0 saturated heterocycles. The Balaban J connectivity index is 0.00000364. The number of guanidine groups is 1. The summed E-state index contributed by atoms with van der Waals surface area (Å²) in [4.78, 5) is 8.06. The third-order valence-corrected chi connectivity index (χ3v) is 4.12. The van der Waals surface area contributed by atoms with Crippen molar-refractivity contribution in [2.75, 3.05) is 13.2 Å². The lowest BCUT2D eigenvalue weighted by Gasteiger charge is -2.12. The number of ether oxygens (including phenoxy) is 1. The minimum atomic E-state index is -4.42. The van der Waals surface area contributed by atoms with Crippen LogP contribution in [0.1, 0.15) is 30.1 Å². The van der Waals surface area contributed by atoms with Crippen molar-refractivity contribution in [1.82, 2.24) is 15.6 Å². The smallest absolute Gasteiger partial charge is 0.434 e. The maximum atomic E-state index is 12.6. The molecule has 0 aliphatic carbocycles. The highest BCUT2D eigenvalue weighted by molar-refractivity contribution is 14.0. The predicted molar refractivity (Wildman–Crippen MR) is 112 cm³/mol. The standard InChI is InChI=1S/C17H21F3N4OS.HI/c1-3-21-16(22-9-12-7-5-6-8-13(12)25-4-2)23-10-15-24-14(11-26-15)17(18,19)20;/h5-8,11H,3-4,9-10H2,1-2H3,(H2,21,22,23);1H. The van der Waals surface area contributed by atoms with Crippen LogP contribution in [-0.4, -0.2) is 24.1 Å². The van der Waals surface area contributed by atoms with Crippen LogP contribution in [-0.2, 0) is 19.3 Å². The van der Waals surface area contributed by atoms with Crippen molar-refractivity contribution >= 4 is 41.3 Å². The SMILES string of the molecule is CCNC(=NCc1ccccc1OCC)NCc1nc(C(F)(F)F)cs1.I. The number of nitrogens with one attached hydrogen (secondary N) is 2. The van der Waals surface area contributed by atoms with Gasteiger partial charge in [-0.15, -0.1) is 35.3 Å². The van der Waals surface area contributed by atoms with E-state index in [-0.39, 0.29) is 30.5 Å². The Morgan fingerprint density at radius 2 is 1.96 bits per heavy atom. The molecule has 2 aromatic rings. The van der Waals surface area contributed by atoms with Crippen molar-refractivity contribution in [2.24, 2.45) is 4.99 Å². The molecule has 0 aliphatic heterocycles. The fraction of sp³-hybridized carbons (Fsp3) is 0.412. The van der Waals surface area contributed by atoms with Gasteiger partial charge in [0.25, 0.3) is 0 Å². The molecule has 1 heterocycles. The van der Waals surface area contributed by atoms with Crippen molar-refractivity contribution < 1.29 is 17.9 Å². The van der Waals surface area contributed by atoms with E-state index >= 15 is 0 Å². The molecule has 10 heteroatoms. The molecule has 2 N–H and O–H groups in total. The van der Waals surface area contributed by atoms with Gasteiger partial charge >= 0.3 is 6.18 Å². The lowest BCUT2D eigenvalue weighted by atomic mass is 10.2. The van der Waals surface area contributed by atoms with Crippen molar-refractivity contribution in [2.45, 2.75) is 33.1 Å². The molecule has 5 nitrogen and oxygen atoms in total. The fourth-order valence-corrected chi connectivity index (χ4v) is 2.86. The van der Waals surface area contributed by atoms with Gasteiger partial charge in [0.15, 0.2) is 11.7 Å². The van der Waals surface area contributed by atoms with Gasteiger partial charge in [0.05, 0.1) is 19.7 Å². The quantitative estimate of drug-likeness (QED) is 0.326. The predicted octanol–water partition coefficient (Wildman–Crippen LogP) is 4.43. The molecule has 0 spiro atoms. The molecule has 0 bridgehead atoms. The molecule has 0 aliphatic rings. The minimum Gasteiger partial charge on any atom is -0.494 e. The minimum absolute atomic E-state index is 0. The van der Waals surface area contributed by atoms with E-state index in [4.69, 9.17) is 4.74 Å². The second-order valence-electron chi connectivity index (χ2n) is 5.21. The van der Waals surface area contributed by atoms with Gasteiger partial charge in [0.1, 0.15) is 10.8 Å². The van der Waals surface area contributed by atoms with Crippen LogP contribution in [0.15, 0.2) is 34.6 Å². The number of alkyl halides is 3. The second-order valence-corrected chi connectivity index (χ2v) is 6.16. The van der Waals surface area contributed by atoms with E-state index in [0.717, 1.165) is 28.0 Å². The first-order chi connectivity index (χ1) is 12.4. The third-order valence-electron chi connectivity index (χ3n) is 3.27. The molecular weight excluding hydrogens is 492 g/mol. The highest BCUT2D eigenvalue weighted by Crippen LogP contribution is 2.29. The number of hydrogen-bond acceptors (Lipinski definition) is 4. The zero-order valence-electron chi connectivity index (χ0n) is 15.0. The highest BCUT2D eigenvalue weighted by Gasteiger charge is 2.33. The monoisotopic (exact) mass is 514 g/mol. The van der Waals surface area contributed by atoms with Gasteiger partial charge < -0.3 is 15.4 Å². The summed E-state index contributed by atoms with van der Waals surface area (Å²) in [7, 11) is 0. The summed E-state index contributed by atoms with van der Waals surface area (Å²) < 4.78 is 43.4. The Bertz CT molecular complexity index is 737. The van der Waals surface area contributed by atoms with E-state index in [9.17, 15) is 13.2 Å². The van der Waals surface area contributed by atoms with E-state index in [1.807, 2.05) is 38.1 Å². The van der Waals surface area contributed by atoms with E-state index in [0.29, 0.717) is 30.7 Å². The fourth-order valence-electron chi connectivity index (χ4n) is 2.12. The lowest BCUT2D eigenvalue weighted by molar-refractivity contribution is -0.140. The average molecular weight is 514 g/mol. The second kappa shape index (κ2) is 11.3. The summed E-state index contributed by atoms with van der Waals surface area (Å²) in [6.45, 7) is 5.57. The zero-order valence-corrected chi connectivity index (χ0v) is 18.1. The van der Waals surface area contributed by atoms with E-state index in [1.54, 1.807) is 0 Å². The first kappa shape index (κ1) is 23.5. The molecule has 0 saturated carbocycles. The average Bonchev–Trinajstić information content (AvgIpc) is 3.08. The molecule has 0 atom stereocenters. The summed E-state index contributed by atoms with van der Waals surface area (Å²) in [5.41, 5.74) is 0.0621. The van der Waals surface area contributed by atoms with Gasteiger partial charge in [-0.3, -0.25) is 0 Å². The number of aliphatic imine (C=N–C) groups is 1. The summed E-state index contributed by atoms with van der Waals surface area (Å²) in [6.07, 6.45) is -4.42. The van der Waals surface area contributed by atoms with Gasteiger partial charge in [-0.2, -0.15) is 13.2 Å². The largest absolute Gasteiger partial charge is 0.494 e. The Hall–Kier alpha value is -1.56. The molecule has 150 valence electrons. The van der Waals surface area contributed by atoms with Gasteiger partial charge in [0, 0.05) is 17.5 Å². The molecule has 27 heavy (non-hydrogen) atoms. The lowest BCUT2D eigenvalue weighted by Crippen LogP contribution is -2.36. The Labute approximate surface area is 177 Å². The van der Waals surface area contributed by atoms with Crippen LogP contribution in [0.25, 0.3) is 0 Å². The van der Waals surface area contributed by atoms with Gasteiger partial charge in [-0.25, -0.2) is 9.98 Å². The zero-order chi connectivity index (χ0) is 19.0. The van der Waals surface area contributed by atoms with Crippen LogP contribution in [0.5, 0.6) is 5.75 Å².